The average Bonchev–Trinajstić information content (AvgIpc) is 3.44. The maximum Gasteiger partial charge on any atom is 0.490 e. The standard InChI is InChI=1S/C17H10ClFN4OS.C12H21BO2/c18-15-16(21-8-7-20-15)24-10-5-6-12(11(19)9-10)22-17-23-13-3-1-2-4-14(13)25-17;1-11(2)12(3,4)15-13(14-11)10-8-6-5-7-9-10/h1-9H,(H,22,23);8H,5-7,9H2,1-4H3. The van der Waals surface area contributed by atoms with Gasteiger partial charge in [0.15, 0.2) is 10.3 Å². The lowest BCUT2D eigenvalue weighted by molar-refractivity contribution is 0.00578. The summed E-state index contributed by atoms with van der Waals surface area (Å²) in [5, 5.41) is 3.71. The van der Waals surface area contributed by atoms with E-state index in [2.05, 4.69) is 54.0 Å². The Labute approximate surface area is 242 Å². The van der Waals surface area contributed by atoms with Crippen LogP contribution in [0.3, 0.4) is 0 Å². The van der Waals surface area contributed by atoms with E-state index in [1.54, 1.807) is 12.1 Å². The van der Waals surface area contributed by atoms with Crippen LogP contribution in [0.5, 0.6) is 11.6 Å². The Morgan fingerprint density at radius 2 is 1.77 bits per heavy atom. The van der Waals surface area contributed by atoms with E-state index in [-0.39, 0.29) is 35.1 Å². The van der Waals surface area contributed by atoms with E-state index in [1.807, 2.05) is 24.3 Å². The van der Waals surface area contributed by atoms with Crippen molar-refractivity contribution in [1.82, 2.24) is 15.0 Å². The number of anilines is 2. The van der Waals surface area contributed by atoms with Gasteiger partial charge in [-0.3, -0.25) is 0 Å². The summed E-state index contributed by atoms with van der Waals surface area (Å²) >= 11 is 7.33. The van der Waals surface area contributed by atoms with Gasteiger partial charge in [-0.05, 0) is 83.1 Å². The molecule has 2 aromatic carbocycles. The van der Waals surface area contributed by atoms with Gasteiger partial charge >= 0.3 is 7.12 Å². The molecule has 4 aromatic rings. The van der Waals surface area contributed by atoms with E-state index in [9.17, 15) is 4.39 Å². The number of halogens is 2. The summed E-state index contributed by atoms with van der Waals surface area (Å²) in [4.78, 5) is 12.2. The smallest absolute Gasteiger partial charge is 0.436 e. The maximum atomic E-state index is 14.4. The van der Waals surface area contributed by atoms with Crippen LogP contribution in [0.2, 0.25) is 5.15 Å². The Hall–Kier alpha value is -3.05. The molecule has 0 unspecified atom stereocenters. The Morgan fingerprint density at radius 3 is 2.45 bits per heavy atom. The number of ether oxygens (including phenoxy) is 1. The van der Waals surface area contributed by atoms with Crippen molar-refractivity contribution in [1.29, 1.82) is 0 Å². The van der Waals surface area contributed by atoms with Gasteiger partial charge < -0.3 is 19.4 Å². The van der Waals surface area contributed by atoms with Crippen molar-refractivity contribution in [2.24, 2.45) is 0 Å². The first kappa shape index (κ1) is 28.5. The van der Waals surface area contributed by atoms with Gasteiger partial charge in [-0.2, -0.15) is 0 Å². The van der Waals surface area contributed by atoms with E-state index in [1.165, 1.54) is 54.5 Å². The van der Waals surface area contributed by atoms with Gasteiger partial charge in [-0.15, -0.1) is 0 Å². The molecule has 1 fully saturated rings. The number of benzene rings is 2. The molecule has 0 spiro atoms. The fourth-order valence-electron chi connectivity index (χ4n) is 4.26. The van der Waals surface area contributed by atoms with Gasteiger partial charge in [0, 0.05) is 18.5 Å². The maximum absolute atomic E-state index is 14.4. The molecule has 0 saturated carbocycles. The van der Waals surface area contributed by atoms with Crippen molar-refractivity contribution in [3.8, 4) is 11.6 Å². The second-order valence-corrected chi connectivity index (χ2v) is 12.0. The molecular weight excluding hydrogens is 550 g/mol. The zero-order chi connectivity index (χ0) is 28.3. The lowest BCUT2D eigenvalue weighted by atomic mass is 9.73. The molecule has 1 N–H and O–H groups in total. The highest BCUT2D eigenvalue weighted by molar-refractivity contribution is 7.22. The zero-order valence-corrected chi connectivity index (χ0v) is 24.5. The predicted molar refractivity (Wildman–Crippen MR) is 159 cm³/mol. The van der Waals surface area contributed by atoms with E-state index >= 15 is 0 Å². The number of nitrogens with zero attached hydrogens (tertiary/aromatic N) is 3. The molecule has 2 aliphatic rings. The van der Waals surface area contributed by atoms with Crippen LogP contribution in [0.1, 0.15) is 53.4 Å². The first-order valence-corrected chi connectivity index (χ1v) is 14.4. The molecule has 6 rings (SSSR count). The SMILES string of the molecule is CC1(C)OB(C2=CCCCC2)OC1(C)C.Fc1cc(Oc2nccnc2Cl)ccc1Nc1nc2ccccc2s1. The van der Waals surface area contributed by atoms with Crippen molar-refractivity contribution in [3.63, 3.8) is 0 Å². The molecule has 0 amide bonds. The molecule has 40 heavy (non-hydrogen) atoms. The summed E-state index contributed by atoms with van der Waals surface area (Å²) in [6.45, 7) is 8.43. The molecule has 2 aromatic heterocycles. The summed E-state index contributed by atoms with van der Waals surface area (Å²) in [6.07, 6.45) is 10.1. The van der Waals surface area contributed by atoms with Crippen LogP contribution in [0.4, 0.5) is 15.2 Å². The van der Waals surface area contributed by atoms with E-state index < -0.39 is 5.82 Å². The van der Waals surface area contributed by atoms with Crippen molar-refractivity contribution in [2.75, 3.05) is 5.32 Å². The topological polar surface area (TPSA) is 78.4 Å². The molecule has 0 bridgehead atoms. The molecule has 3 heterocycles. The second-order valence-electron chi connectivity index (χ2n) is 10.6. The van der Waals surface area contributed by atoms with Crippen LogP contribution >= 0.6 is 22.9 Å². The lowest BCUT2D eigenvalue weighted by Crippen LogP contribution is -2.41. The minimum Gasteiger partial charge on any atom is -0.436 e. The Kier molecular flexibility index (Phi) is 8.42. The first-order chi connectivity index (χ1) is 19.1. The summed E-state index contributed by atoms with van der Waals surface area (Å²) in [6, 6.07) is 12.2. The largest absolute Gasteiger partial charge is 0.490 e. The number of para-hydroxylation sites is 1. The van der Waals surface area contributed by atoms with Crippen LogP contribution in [-0.2, 0) is 9.31 Å². The molecule has 11 heteroatoms. The molecule has 0 radical (unpaired) electrons. The monoisotopic (exact) mass is 580 g/mol. The number of rotatable bonds is 5. The number of hydrogen-bond acceptors (Lipinski definition) is 8. The van der Waals surface area contributed by atoms with Crippen molar-refractivity contribution >= 4 is 51.1 Å². The first-order valence-electron chi connectivity index (χ1n) is 13.2. The number of fused-ring (bicyclic) bond motifs is 1. The quantitative estimate of drug-likeness (QED) is 0.237. The highest BCUT2D eigenvalue weighted by Gasteiger charge is 2.52. The van der Waals surface area contributed by atoms with Crippen LogP contribution < -0.4 is 10.1 Å². The van der Waals surface area contributed by atoms with Crippen molar-refractivity contribution in [3.05, 3.63) is 77.4 Å². The summed E-state index contributed by atoms with van der Waals surface area (Å²) in [7, 11) is -0.102. The molecule has 7 nitrogen and oxygen atoms in total. The Bertz CT molecular complexity index is 1480. The molecule has 1 saturated heterocycles. The highest BCUT2D eigenvalue weighted by atomic mass is 35.5. The fraction of sp³-hybridized carbons (Fsp3) is 0.345. The van der Waals surface area contributed by atoms with Crippen LogP contribution in [-0.4, -0.2) is 33.3 Å². The van der Waals surface area contributed by atoms with Gasteiger partial charge in [-0.1, -0.05) is 41.1 Å². The van der Waals surface area contributed by atoms with Crippen molar-refractivity contribution in [2.45, 2.75) is 64.6 Å². The van der Waals surface area contributed by atoms with Gasteiger partial charge in [-0.25, -0.2) is 19.3 Å². The number of hydrogen-bond donors (Lipinski definition) is 1. The van der Waals surface area contributed by atoms with Crippen LogP contribution in [0.25, 0.3) is 10.2 Å². The molecule has 1 aliphatic carbocycles. The van der Waals surface area contributed by atoms with Gasteiger partial charge in [0.2, 0.25) is 0 Å². The number of aromatic nitrogens is 3. The molecule has 208 valence electrons. The summed E-state index contributed by atoms with van der Waals surface area (Å²) < 4.78 is 32.9. The summed E-state index contributed by atoms with van der Waals surface area (Å²) in [5.74, 6) is -0.0815. The fourth-order valence-corrected chi connectivity index (χ4v) is 5.28. The highest BCUT2D eigenvalue weighted by Crippen LogP contribution is 2.40. The van der Waals surface area contributed by atoms with E-state index in [0.29, 0.717) is 10.8 Å². The van der Waals surface area contributed by atoms with E-state index in [0.717, 1.165) is 16.6 Å². The normalized spacial score (nSPS) is 17.6. The minimum absolute atomic E-state index is 0.102. The number of thiazole rings is 1. The second kappa shape index (κ2) is 11.8. The van der Waals surface area contributed by atoms with Gasteiger partial charge in [0.1, 0.15) is 11.6 Å². The van der Waals surface area contributed by atoms with Gasteiger partial charge in [0.05, 0.1) is 27.1 Å². The average molecular weight is 581 g/mol. The Balaban J connectivity index is 0.000000184. The zero-order valence-electron chi connectivity index (χ0n) is 22.9. The molecule has 1 aliphatic heterocycles. The van der Waals surface area contributed by atoms with Crippen molar-refractivity contribution < 1.29 is 18.4 Å². The third kappa shape index (κ3) is 6.46. The molecular formula is C29H31BClFN4O3S. The van der Waals surface area contributed by atoms with Crippen LogP contribution in [0.15, 0.2) is 66.4 Å². The Morgan fingerprint density at radius 1 is 1.02 bits per heavy atom. The third-order valence-corrected chi connectivity index (χ3v) is 8.41. The third-order valence-electron chi connectivity index (χ3n) is 7.20. The number of allylic oxidation sites excluding steroid dienone is 2. The van der Waals surface area contributed by atoms with Gasteiger partial charge in [0.25, 0.3) is 5.88 Å². The predicted octanol–water partition coefficient (Wildman–Crippen LogP) is 8.53. The van der Waals surface area contributed by atoms with E-state index in [4.69, 9.17) is 25.6 Å². The molecule has 0 atom stereocenters. The lowest BCUT2D eigenvalue weighted by Gasteiger charge is -2.32. The number of nitrogens with one attached hydrogen (secondary N) is 1. The minimum atomic E-state index is -0.475. The summed E-state index contributed by atoms with van der Waals surface area (Å²) in [5.41, 5.74) is 2.12. The van der Waals surface area contributed by atoms with Crippen LogP contribution in [0, 0.1) is 5.82 Å².